The zero-order valence-corrected chi connectivity index (χ0v) is 84.6. The van der Waals surface area contributed by atoms with E-state index in [0.29, 0.717) is 105 Å². The van der Waals surface area contributed by atoms with Gasteiger partial charge in [-0.15, -0.1) is 45.3 Å². The lowest BCUT2D eigenvalue weighted by atomic mass is 9.92. The highest BCUT2D eigenvalue weighted by Crippen LogP contribution is 2.42. The first kappa shape index (κ1) is 113. The van der Waals surface area contributed by atoms with E-state index in [1.54, 1.807) is 38.1 Å². The summed E-state index contributed by atoms with van der Waals surface area (Å²) in [6.45, 7) is 14.6. The molecule has 12 aromatic heterocycles. The summed E-state index contributed by atoms with van der Waals surface area (Å²) < 4.78 is 157. The molecule has 147 heavy (non-hydrogen) atoms. The van der Waals surface area contributed by atoms with Crippen LogP contribution in [0.5, 0.6) is 0 Å². The lowest BCUT2D eigenvalue weighted by Gasteiger charge is -2.22. The zero-order valence-electron chi connectivity index (χ0n) is 78.3. The number of amides is 4. The van der Waals surface area contributed by atoms with Crippen LogP contribution in [0.15, 0.2) is 123 Å². The fourth-order valence-corrected chi connectivity index (χ4v) is 19.4. The molecule has 11 N–H and O–H groups in total. The van der Waals surface area contributed by atoms with Gasteiger partial charge in [0, 0.05) is 117 Å². The first-order valence-corrected chi connectivity index (χ1v) is 50.3. The number of nitrogens with two attached hydrogens (primary N) is 2. The molecule has 4 unspecified atom stereocenters. The maximum Gasteiger partial charge on any atom is 0.418 e. The average molecular weight is 2200 g/mol. The van der Waals surface area contributed by atoms with Gasteiger partial charge in [0.15, 0.2) is 23.1 Å². The van der Waals surface area contributed by atoms with Crippen LogP contribution in [0.1, 0.15) is 256 Å². The molecule has 0 radical (unpaired) electrons. The SMILES string of the molecule is CC(CC(=O)c1cc(CC2CCNCC2)ncn1)c1ncc(C(=O)Nc2cc(C(F)(F)F)c(Cl)cn2)s1.CC(CC(=O)c1cc(CCC2CCNCC2)ncn1)c1ncc(C(=O)Nc2cc(C(F)(F)F)c(Cl)cn2)s1.CC(CC(=O)c1cc(N2CC[C@@H](CN)C2)ncn1)c1ncc(C(=O)Nc2cc(C(F)(F)F)c(Cl)cn2)s1.CC(CC(=O)c1cc(NCCCN)ncn1)c1ncc(C(=O)Nc2cc(C(F)(F)F)c(Cl)cn2)s1. The molecule has 0 spiro atoms. The quantitative estimate of drug-likeness (QED) is 0.0101. The van der Waals surface area contributed by atoms with Gasteiger partial charge < -0.3 is 53.6 Å². The lowest BCUT2D eigenvalue weighted by molar-refractivity contribution is -0.138. The summed E-state index contributed by atoms with van der Waals surface area (Å²) in [5, 5.41) is 18.9. The third kappa shape index (κ3) is 33.1. The van der Waals surface area contributed by atoms with E-state index in [9.17, 15) is 91.0 Å². The Morgan fingerprint density at radius 3 is 1.06 bits per heavy atom. The number of rotatable bonds is 35. The van der Waals surface area contributed by atoms with E-state index in [1.807, 2.05) is 13.8 Å². The molecule has 4 amide bonds. The molecule has 3 fully saturated rings. The maximum absolute atomic E-state index is 13.1. The third-order valence-electron chi connectivity index (χ3n) is 23.0. The van der Waals surface area contributed by atoms with E-state index in [1.165, 1.54) is 50.1 Å². The maximum atomic E-state index is 13.1. The predicted octanol–water partition coefficient (Wildman–Crippen LogP) is 19.5. The van der Waals surface area contributed by atoms with Gasteiger partial charge in [0.25, 0.3) is 23.6 Å². The Hall–Kier alpha value is -12.2. The largest absolute Gasteiger partial charge is 0.418 e. The number of anilines is 6. The second-order valence-corrected chi connectivity index (χ2v) is 40.1. The highest BCUT2D eigenvalue weighted by atomic mass is 35.5. The van der Waals surface area contributed by atoms with Gasteiger partial charge in [0.05, 0.1) is 87.2 Å². The summed E-state index contributed by atoms with van der Waals surface area (Å²) in [7, 11) is 0. The normalized spacial score (nSPS) is 14.9. The molecule has 34 nitrogen and oxygen atoms in total. The van der Waals surface area contributed by atoms with Crippen LogP contribution in [0.3, 0.4) is 0 Å². The molecule has 0 aliphatic carbocycles. The Morgan fingerprint density at radius 1 is 0.388 bits per heavy atom. The molecular formula is C93H94Cl4F12N26O8S4. The number of carbonyl (C=O) groups is 8. The van der Waals surface area contributed by atoms with Crippen molar-refractivity contribution in [2.45, 2.75) is 160 Å². The molecule has 0 bridgehead atoms. The second-order valence-electron chi connectivity index (χ2n) is 34.2. The monoisotopic (exact) mass is 2200 g/mol. The van der Waals surface area contributed by atoms with Crippen LogP contribution in [0, 0.1) is 17.8 Å². The molecule has 15 rings (SSSR count). The van der Waals surface area contributed by atoms with E-state index >= 15 is 0 Å². The zero-order chi connectivity index (χ0) is 106. The fraction of sp³-hybridized carbons (Fsp3) is 0.398. The minimum Gasteiger partial charge on any atom is -0.370 e. The van der Waals surface area contributed by atoms with Crippen LogP contribution in [0.25, 0.3) is 0 Å². The Morgan fingerprint density at radius 2 is 0.714 bits per heavy atom. The van der Waals surface area contributed by atoms with Crippen molar-refractivity contribution in [3.8, 4) is 0 Å². The smallest absolute Gasteiger partial charge is 0.370 e. The van der Waals surface area contributed by atoms with Crippen molar-refractivity contribution in [1.29, 1.82) is 0 Å². The van der Waals surface area contributed by atoms with Gasteiger partial charge >= 0.3 is 24.7 Å². The second kappa shape index (κ2) is 52.1. The molecule has 0 aromatic carbocycles. The Kier molecular flexibility index (Phi) is 40.2. The van der Waals surface area contributed by atoms with Gasteiger partial charge in [-0.05, 0) is 151 Å². The molecule has 3 saturated heterocycles. The molecule has 54 heteroatoms. The van der Waals surface area contributed by atoms with Crippen LogP contribution >= 0.6 is 91.8 Å². The van der Waals surface area contributed by atoms with Gasteiger partial charge in [-0.3, -0.25) is 38.4 Å². The van der Waals surface area contributed by atoms with Crippen molar-refractivity contribution >= 4 is 173 Å². The Labute approximate surface area is 867 Å². The molecule has 12 aromatic rings. The molecule has 3 aliphatic heterocycles. The first-order chi connectivity index (χ1) is 69.8. The number of carbonyl (C=O) groups excluding carboxylic acids is 8. The van der Waals surface area contributed by atoms with Gasteiger partial charge in [-0.25, -0.2) is 79.7 Å². The minimum absolute atomic E-state index is 0.0848. The number of pyridine rings is 4. The number of ketones is 4. The summed E-state index contributed by atoms with van der Waals surface area (Å²) in [4.78, 5) is 169. The van der Waals surface area contributed by atoms with Gasteiger partial charge in [-0.1, -0.05) is 74.1 Å². The molecule has 0 saturated carbocycles. The van der Waals surface area contributed by atoms with Crippen molar-refractivity contribution < 1.29 is 91.0 Å². The van der Waals surface area contributed by atoms with Crippen molar-refractivity contribution in [3.05, 3.63) is 239 Å². The Bertz CT molecular complexity index is 6630. The van der Waals surface area contributed by atoms with Crippen molar-refractivity contribution in [3.63, 3.8) is 0 Å². The van der Waals surface area contributed by atoms with Crippen molar-refractivity contribution in [2.75, 3.05) is 90.4 Å². The van der Waals surface area contributed by atoms with E-state index in [2.05, 4.69) is 122 Å². The van der Waals surface area contributed by atoms with Crippen LogP contribution in [-0.4, -0.2) is 185 Å². The van der Waals surface area contributed by atoms with E-state index in [4.69, 9.17) is 57.9 Å². The number of aromatic nitrogens is 16. The Balaban J connectivity index is 0.000000174. The number of piperidine rings is 2. The number of hydrogen-bond acceptors (Lipinski definition) is 34. The van der Waals surface area contributed by atoms with Crippen molar-refractivity contribution in [1.82, 2.24) is 90.4 Å². The summed E-state index contributed by atoms with van der Waals surface area (Å²) in [6.07, 6.45) is 4.50. The van der Waals surface area contributed by atoms with E-state index in [-0.39, 0.29) is 127 Å². The molecule has 5 atom stereocenters. The van der Waals surface area contributed by atoms with Crippen LogP contribution in [0.4, 0.5) is 87.6 Å². The van der Waals surface area contributed by atoms with Crippen LogP contribution < -0.4 is 53.6 Å². The van der Waals surface area contributed by atoms with Gasteiger partial charge in [0.2, 0.25) is 0 Å². The molecule has 15 heterocycles. The lowest BCUT2D eigenvalue weighted by Crippen LogP contribution is -2.28. The number of hydrogen-bond donors (Lipinski definition) is 9. The number of thiazole rings is 4. The highest BCUT2D eigenvalue weighted by Gasteiger charge is 2.39. The highest BCUT2D eigenvalue weighted by molar-refractivity contribution is 7.15. The number of alkyl halides is 12. The standard InChI is InChI=1S/C25H26ClF3N6O2S.C24H24ClF3N6O2S.C23H23ClF3N7O2S.C21H21ClF3N7O2S/c1-14(8-20(36)19-9-16(33-13-34-19)3-2-15-4-6-30-7-5-15)24-32-12-21(38-24)23(37)35-22-10-17(25(27,28)29)18(26)11-31-22;1-13(6-19(35)18-8-15(32-12-33-18)7-14-2-4-29-5-3-14)23-31-11-20(37-23)22(36)34-21-9-16(24(26,27)28)17(25)10-30-21;1-12(4-17(35)16-6-20(32-11-31-16)34-3-2-13(7-28)10-34)22-30-9-18(37-22)21(36)33-19-5-14(23(25,26)27)15(24)8-29-19;1-11(5-15(33)14-7-17(31-10-30-14)27-4-2-3-26)20-29-9-16(35-20)19(34)32-18-6-12(21(23,24)25)13(22)8-28-18/h9-15,30H,2-8H2,1H3,(H,31,35,37);8-14,29H,2-7H2,1H3,(H,30,34,36);5-6,8-9,11-13H,2-4,7,10,28H2,1H3,(H,29,33,36);6-11H,2-5,26H2,1H3,(H,27,30,31)(H,28,32,34)/t;;12?,13-;/m..0./s1. The summed E-state index contributed by atoms with van der Waals surface area (Å²) in [5.74, 6) is -3.07. The summed E-state index contributed by atoms with van der Waals surface area (Å²) in [5.41, 5.74) is 9.71. The number of halogens is 16. The van der Waals surface area contributed by atoms with Gasteiger partial charge in [0.1, 0.15) is 103 Å². The first-order valence-electron chi connectivity index (χ1n) is 45.5. The van der Waals surface area contributed by atoms with E-state index in [0.717, 1.165) is 179 Å². The number of Topliss-reactive ketones (excluding diaryl/α,β-unsaturated/α-hetero) is 4. The number of nitrogens with zero attached hydrogens (tertiary/aromatic N) is 17. The molecule has 780 valence electrons. The summed E-state index contributed by atoms with van der Waals surface area (Å²) >= 11 is 26.4. The third-order valence-corrected chi connectivity index (χ3v) is 29.1. The number of aryl methyl sites for hydroxylation is 1. The molecular weight excluding hydrogens is 2110 g/mol. The summed E-state index contributed by atoms with van der Waals surface area (Å²) in [6, 6.07) is 9.37. The topological polar surface area (TPSA) is 482 Å². The average Bonchev–Trinajstić information content (AvgIpc) is 1.80. The van der Waals surface area contributed by atoms with Crippen LogP contribution in [-0.2, 0) is 37.5 Å². The van der Waals surface area contributed by atoms with Crippen LogP contribution in [0.2, 0.25) is 20.1 Å². The van der Waals surface area contributed by atoms with Gasteiger partial charge in [-0.2, -0.15) is 52.7 Å². The van der Waals surface area contributed by atoms with E-state index < -0.39 is 90.7 Å². The predicted molar refractivity (Wildman–Crippen MR) is 530 cm³/mol. The van der Waals surface area contributed by atoms with Crippen molar-refractivity contribution in [2.24, 2.45) is 29.2 Å². The fourth-order valence-electron chi connectivity index (χ4n) is 15.1. The molecule has 3 aliphatic rings. The minimum atomic E-state index is -4.69. The number of nitrogens with one attached hydrogen (secondary N) is 7.